The molecule has 3 atom stereocenters. The van der Waals surface area contributed by atoms with Crippen molar-refractivity contribution in [3.05, 3.63) is 24.3 Å². The van der Waals surface area contributed by atoms with Crippen LogP contribution in [0, 0.1) is 17.2 Å². The highest BCUT2D eigenvalue weighted by Crippen LogP contribution is 2.37. The monoisotopic (exact) mass is 476 g/mol. The van der Waals surface area contributed by atoms with Crippen molar-refractivity contribution >= 4 is 29.3 Å². The Bertz CT molecular complexity index is 842. The summed E-state index contributed by atoms with van der Waals surface area (Å²) in [4.78, 5) is 28.0. The van der Waals surface area contributed by atoms with E-state index in [1.54, 1.807) is 4.90 Å². The number of carbonyl (C=O) groups is 2. The minimum absolute atomic E-state index is 0.0107. The molecule has 2 N–H and O–H groups in total. The summed E-state index contributed by atoms with van der Waals surface area (Å²) in [5.41, 5.74) is 0.925. The van der Waals surface area contributed by atoms with Gasteiger partial charge in [-0.15, -0.1) is 11.8 Å². The lowest BCUT2D eigenvalue weighted by molar-refractivity contribution is -0.141. The van der Waals surface area contributed by atoms with Gasteiger partial charge in [0.25, 0.3) is 0 Å². The molecule has 3 rings (SSSR count). The summed E-state index contributed by atoms with van der Waals surface area (Å²) < 4.78 is 11.3. The first-order valence-corrected chi connectivity index (χ1v) is 12.3. The highest BCUT2D eigenvalue weighted by molar-refractivity contribution is 8.01. The Morgan fingerprint density at radius 1 is 1.42 bits per heavy atom. The fourth-order valence-electron chi connectivity index (χ4n) is 3.95. The number of benzene rings is 1. The van der Waals surface area contributed by atoms with Gasteiger partial charge in [0, 0.05) is 50.9 Å². The van der Waals surface area contributed by atoms with Gasteiger partial charge in [-0.25, -0.2) is 0 Å². The van der Waals surface area contributed by atoms with Crippen LogP contribution in [0.4, 0.5) is 5.69 Å². The maximum Gasteiger partial charge on any atom is 0.321 e. The molecule has 2 heterocycles. The van der Waals surface area contributed by atoms with Crippen molar-refractivity contribution in [2.75, 3.05) is 57.9 Å². The van der Waals surface area contributed by atoms with Crippen molar-refractivity contribution in [1.29, 1.82) is 5.26 Å². The number of hydrogen-bond donors (Lipinski definition) is 2. The molecule has 2 aliphatic heterocycles. The first-order chi connectivity index (χ1) is 16.0. The third-order valence-electron chi connectivity index (χ3n) is 5.81. The molecule has 2 aliphatic rings. The van der Waals surface area contributed by atoms with Gasteiger partial charge in [0.1, 0.15) is 18.3 Å². The van der Waals surface area contributed by atoms with Crippen molar-refractivity contribution in [1.82, 2.24) is 9.80 Å². The molecule has 33 heavy (non-hydrogen) atoms. The van der Waals surface area contributed by atoms with Gasteiger partial charge in [0.15, 0.2) is 0 Å². The quantitative estimate of drug-likeness (QED) is 0.468. The Balaban J connectivity index is 1.44. The van der Waals surface area contributed by atoms with Crippen LogP contribution in [-0.2, 0) is 14.3 Å². The third-order valence-corrected chi connectivity index (χ3v) is 7.34. The second-order valence-corrected chi connectivity index (χ2v) is 9.39. The number of thioether (sulfide) groups is 1. The van der Waals surface area contributed by atoms with Gasteiger partial charge in [0.05, 0.1) is 29.9 Å². The van der Waals surface area contributed by atoms with Crippen LogP contribution in [0.3, 0.4) is 0 Å². The van der Waals surface area contributed by atoms with E-state index < -0.39 is 11.9 Å². The van der Waals surface area contributed by atoms with Crippen LogP contribution in [0.1, 0.15) is 19.8 Å². The van der Waals surface area contributed by atoms with Gasteiger partial charge in [-0.1, -0.05) is 6.07 Å². The Hall–Kier alpha value is -2.48. The summed E-state index contributed by atoms with van der Waals surface area (Å²) >= 11 is 1.46. The van der Waals surface area contributed by atoms with Gasteiger partial charge < -0.3 is 24.8 Å². The zero-order valence-electron chi connectivity index (χ0n) is 18.9. The molecular formula is C23H32N4O5S. The predicted molar refractivity (Wildman–Crippen MR) is 126 cm³/mol. The average Bonchev–Trinajstić information content (AvgIpc) is 3.12. The lowest BCUT2D eigenvalue weighted by Crippen LogP contribution is -2.38. The normalized spacial score (nSPS) is 22.1. The standard InChI is InChI=1S/C23H32N4O5S/c1-2-27-21(14-17(16-24)23(29)30)33-20(22(27)28)6-7-25-18-4-3-5-19(15-18)32-13-10-26-8-11-31-12-9-26/h3-5,15,17,20-21,25H,2,6-14H2,1H3,(H,29,30). The molecule has 0 aromatic heterocycles. The number of hydrogen-bond acceptors (Lipinski definition) is 8. The van der Waals surface area contributed by atoms with Gasteiger partial charge >= 0.3 is 5.97 Å². The first-order valence-electron chi connectivity index (χ1n) is 11.4. The van der Waals surface area contributed by atoms with Crippen LogP contribution in [0.15, 0.2) is 24.3 Å². The Morgan fingerprint density at radius 2 is 2.21 bits per heavy atom. The van der Waals surface area contributed by atoms with E-state index in [-0.39, 0.29) is 23.0 Å². The van der Waals surface area contributed by atoms with E-state index in [1.807, 2.05) is 37.3 Å². The number of amides is 1. The highest BCUT2D eigenvalue weighted by atomic mass is 32.2. The number of carboxylic acid groups (broad SMARTS) is 1. The maximum atomic E-state index is 12.7. The van der Waals surface area contributed by atoms with E-state index in [1.165, 1.54) is 11.8 Å². The molecular weight excluding hydrogens is 444 g/mol. The molecule has 1 amide bonds. The van der Waals surface area contributed by atoms with E-state index in [9.17, 15) is 14.7 Å². The van der Waals surface area contributed by atoms with Crippen molar-refractivity contribution < 1.29 is 24.2 Å². The number of carbonyl (C=O) groups excluding carboxylic acids is 1. The van der Waals surface area contributed by atoms with Crippen LogP contribution in [-0.4, -0.2) is 90.0 Å². The van der Waals surface area contributed by atoms with E-state index in [4.69, 9.17) is 14.7 Å². The van der Waals surface area contributed by atoms with Crippen LogP contribution >= 0.6 is 11.8 Å². The van der Waals surface area contributed by atoms with E-state index in [2.05, 4.69) is 10.2 Å². The third kappa shape index (κ3) is 7.25. The van der Waals surface area contributed by atoms with Crippen molar-refractivity contribution in [3.63, 3.8) is 0 Å². The van der Waals surface area contributed by atoms with Crippen LogP contribution < -0.4 is 10.1 Å². The van der Waals surface area contributed by atoms with E-state index in [0.717, 1.165) is 44.3 Å². The molecule has 180 valence electrons. The molecule has 0 radical (unpaired) electrons. The summed E-state index contributed by atoms with van der Waals surface area (Å²) in [5.74, 6) is -1.43. The molecule has 10 heteroatoms. The summed E-state index contributed by atoms with van der Waals surface area (Å²) in [6.45, 7) is 7.88. The molecule has 1 aromatic carbocycles. The lowest BCUT2D eigenvalue weighted by atomic mass is 10.1. The second kappa shape index (κ2) is 12.7. The minimum Gasteiger partial charge on any atom is -0.492 e. The van der Waals surface area contributed by atoms with Crippen molar-refractivity contribution in [3.8, 4) is 11.8 Å². The molecule has 3 unspecified atom stereocenters. The number of morpholine rings is 1. The Kier molecular flexibility index (Phi) is 9.66. The SMILES string of the molecule is CCN1C(=O)C(CCNc2cccc(OCCN3CCOCC3)c2)SC1CC(C#N)C(=O)O. The number of ether oxygens (including phenoxy) is 2. The Morgan fingerprint density at radius 3 is 2.91 bits per heavy atom. The number of nitrogens with zero attached hydrogens (tertiary/aromatic N) is 3. The van der Waals surface area contributed by atoms with Gasteiger partial charge in [-0.2, -0.15) is 5.26 Å². The molecule has 0 spiro atoms. The van der Waals surface area contributed by atoms with Crippen LogP contribution in [0.2, 0.25) is 0 Å². The fourth-order valence-corrected chi connectivity index (χ4v) is 5.54. The van der Waals surface area contributed by atoms with Gasteiger partial charge in [-0.05, 0) is 25.5 Å². The minimum atomic E-state index is -1.14. The van der Waals surface area contributed by atoms with Gasteiger partial charge in [-0.3, -0.25) is 14.5 Å². The number of anilines is 1. The molecule has 9 nitrogen and oxygen atoms in total. The lowest BCUT2D eigenvalue weighted by Gasteiger charge is -2.26. The summed E-state index contributed by atoms with van der Waals surface area (Å²) in [7, 11) is 0. The summed E-state index contributed by atoms with van der Waals surface area (Å²) in [6, 6.07) is 9.60. The molecule has 2 saturated heterocycles. The molecule has 2 fully saturated rings. The van der Waals surface area contributed by atoms with E-state index in [0.29, 0.717) is 26.1 Å². The van der Waals surface area contributed by atoms with E-state index >= 15 is 0 Å². The average molecular weight is 477 g/mol. The fraction of sp³-hybridized carbons (Fsp3) is 0.609. The van der Waals surface area contributed by atoms with Crippen molar-refractivity contribution in [2.45, 2.75) is 30.4 Å². The van der Waals surface area contributed by atoms with Crippen molar-refractivity contribution in [2.24, 2.45) is 5.92 Å². The first kappa shape index (κ1) is 25.1. The zero-order chi connectivity index (χ0) is 23.6. The number of nitriles is 1. The predicted octanol–water partition coefficient (Wildman–Crippen LogP) is 2.10. The largest absolute Gasteiger partial charge is 0.492 e. The number of rotatable bonds is 12. The number of carboxylic acids is 1. The highest BCUT2D eigenvalue weighted by Gasteiger charge is 2.40. The smallest absolute Gasteiger partial charge is 0.321 e. The van der Waals surface area contributed by atoms with Gasteiger partial charge in [0.2, 0.25) is 5.91 Å². The molecule has 0 saturated carbocycles. The van der Waals surface area contributed by atoms with Crippen LogP contribution in [0.25, 0.3) is 0 Å². The Labute approximate surface area is 199 Å². The van der Waals surface area contributed by atoms with Crippen LogP contribution in [0.5, 0.6) is 5.75 Å². The summed E-state index contributed by atoms with van der Waals surface area (Å²) in [5, 5.41) is 21.1. The number of nitrogens with one attached hydrogen (secondary N) is 1. The molecule has 1 aromatic rings. The second-order valence-electron chi connectivity index (χ2n) is 8.01. The summed E-state index contributed by atoms with van der Waals surface area (Å²) in [6.07, 6.45) is 0.757. The number of aliphatic carboxylic acids is 1. The zero-order valence-corrected chi connectivity index (χ0v) is 19.8. The topological polar surface area (TPSA) is 115 Å². The molecule has 0 aliphatic carbocycles. The molecule has 0 bridgehead atoms. The maximum absolute atomic E-state index is 12.7.